The minimum atomic E-state index is 0.0705. The van der Waals surface area contributed by atoms with E-state index in [2.05, 4.69) is 22.1 Å². The van der Waals surface area contributed by atoms with Crippen molar-refractivity contribution in [3.05, 3.63) is 44.8 Å². The topological polar surface area (TPSA) is 32.3 Å². The van der Waals surface area contributed by atoms with Gasteiger partial charge in [0.2, 0.25) is 5.91 Å². The third-order valence-electron chi connectivity index (χ3n) is 2.49. The van der Waals surface area contributed by atoms with Crippen LogP contribution >= 0.6 is 22.7 Å². The summed E-state index contributed by atoms with van der Waals surface area (Å²) in [4.78, 5) is 14.9. The largest absolute Gasteiger partial charge is 0.350 e. The van der Waals surface area contributed by atoms with Gasteiger partial charge in [0, 0.05) is 11.4 Å². The summed E-state index contributed by atoms with van der Waals surface area (Å²) in [5.41, 5.74) is 1.26. The van der Waals surface area contributed by atoms with E-state index in [4.69, 9.17) is 0 Å². The Morgan fingerprint density at radius 3 is 2.94 bits per heavy atom. The Labute approximate surface area is 115 Å². The molecule has 2 aromatic heterocycles. The van der Waals surface area contributed by atoms with Crippen LogP contribution < -0.4 is 5.32 Å². The Hall–Kier alpha value is -1.17. The number of nitrogens with zero attached hydrogens (tertiary/aromatic N) is 1. The lowest BCUT2D eigenvalue weighted by atomic mass is 10.3. The highest BCUT2D eigenvalue weighted by atomic mass is 32.1. The standard InChI is InChI=1S/C13H16N2OS2/c1-15(8-11-4-6-17-10-11)9-13(16)14-7-12-3-2-5-18-12/h2-6,10H,7-9H2,1H3,(H,14,16). The van der Waals surface area contributed by atoms with Crippen molar-refractivity contribution in [1.29, 1.82) is 0 Å². The summed E-state index contributed by atoms with van der Waals surface area (Å²) in [7, 11) is 1.96. The Balaban J connectivity index is 1.70. The number of carbonyl (C=O) groups excluding carboxylic acids is 1. The molecule has 1 amide bonds. The third-order valence-corrected chi connectivity index (χ3v) is 4.09. The summed E-state index contributed by atoms with van der Waals surface area (Å²) in [6.45, 7) is 1.87. The third kappa shape index (κ3) is 4.25. The molecule has 0 spiro atoms. The molecule has 0 saturated heterocycles. The first-order chi connectivity index (χ1) is 8.74. The van der Waals surface area contributed by atoms with E-state index in [1.54, 1.807) is 22.7 Å². The molecule has 2 aromatic rings. The summed E-state index contributed by atoms with van der Waals surface area (Å²) < 4.78 is 0. The van der Waals surface area contributed by atoms with Crippen LogP contribution in [0.4, 0.5) is 0 Å². The van der Waals surface area contributed by atoms with E-state index in [0.29, 0.717) is 13.1 Å². The predicted molar refractivity (Wildman–Crippen MR) is 76.8 cm³/mol. The smallest absolute Gasteiger partial charge is 0.234 e. The van der Waals surface area contributed by atoms with E-state index in [0.717, 1.165) is 6.54 Å². The SMILES string of the molecule is CN(CC(=O)NCc1cccs1)Cc1ccsc1. The molecule has 0 aliphatic carbocycles. The van der Waals surface area contributed by atoms with Crippen LogP contribution in [0.3, 0.4) is 0 Å². The molecule has 5 heteroatoms. The lowest BCUT2D eigenvalue weighted by Crippen LogP contribution is -2.34. The highest BCUT2D eigenvalue weighted by Crippen LogP contribution is 2.09. The maximum atomic E-state index is 11.7. The number of hydrogen-bond donors (Lipinski definition) is 1. The molecule has 18 heavy (non-hydrogen) atoms. The molecule has 0 unspecified atom stereocenters. The van der Waals surface area contributed by atoms with Crippen molar-refractivity contribution in [2.75, 3.05) is 13.6 Å². The predicted octanol–water partition coefficient (Wildman–Crippen LogP) is 2.56. The van der Waals surface area contributed by atoms with E-state index in [1.165, 1.54) is 10.4 Å². The van der Waals surface area contributed by atoms with Crippen molar-refractivity contribution in [3.8, 4) is 0 Å². The molecule has 2 heterocycles. The molecular weight excluding hydrogens is 264 g/mol. The molecule has 2 rings (SSSR count). The quantitative estimate of drug-likeness (QED) is 0.882. The first-order valence-electron chi connectivity index (χ1n) is 5.73. The highest BCUT2D eigenvalue weighted by Gasteiger charge is 2.07. The number of hydrogen-bond acceptors (Lipinski definition) is 4. The second-order valence-corrected chi connectivity index (χ2v) is 5.97. The Bertz CT molecular complexity index is 465. The van der Waals surface area contributed by atoms with Crippen LogP contribution in [0.25, 0.3) is 0 Å². The molecule has 96 valence electrons. The van der Waals surface area contributed by atoms with Gasteiger partial charge in [0.1, 0.15) is 0 Å². The number of likely N-dealkylation sites (N-methyl/N-ethyl adjacent to an activating group) is 1. The highest BCUT2D eigenvalue weighted by molar-refractivity contribution is 7.09. The molecule has 0 bridgehead atoms. The van der Waals surface area contributed by atoms with E-state index < -0.39 is 0 Å². The molecule has 0 atom stereocenters. The summed E-state index contributed by atoms with van der Waals surface area (Å²) in [5, 5.41) is 9.11. The average molecular weight is 280 g/mol. The van der Waals surface area contributed by atoms with Gasteiger partial charge in [-0.3, -0.25) is 9.69 Å². The van der Waals surface area contributed by atoms with Crippen LogP contribution in [0, 0.1) is 0 Å². The van der Waals surface area contributed by atoms with Gasteiger partial charge in [-0.2, -0.15) is 11.3 Å². The molecule has 0 aromatic carbocycles. The number of nitrogens with one attached hydrogen (secondary N) is 1. The summed E-state index contributed by atoms with van der Waals surface area (Å²) in [5.74, 6) is 0.0705. The van der Waals surface area contributed by atoms with Crippen molar-refractivity contribution >= 4 is 28.6 Å². The average Bonchev–Trinajstić information content (AvgIpc) is 2.98. The Kier molecular flexibility index (Phi) is 4.92. The van der Waals surface area contributed by atoms with Crippen LogP contribution in [0.5, 0.6) is 0 Å². The second kappa shape index (κ2) is 6.68. The lowest BCUT2D eigenvalue weighted by molar-refractivity contribution is -0.122. The van der Waals surface area contributed by atoms with Crippen LogP contribution in [-0.4, -0.2) is 24.4 Å². The Morgan fingerprint density at radius 2 is 2.28 bits per heavy atom. The number of thiophene rings is 2. The van der Waals surface area contributed by atoms with Gasteiger partial charge >= 0.3 is 0 Å². The maximum Gasteiger partial charge on any atom is 0.234 e. The van der Waals surface area contributed by atoms with E-state index in [9.17, 15) is 4.79 Å². The minimum absolute atomic E-state index is 0.0705. The zero-order valence-electron chi connectivity index (χ0n) is 10.3. The fraction of sp³-hybridized carbons (Fsp3) is 0.308. The molecule has 0 radical (unpaired) electrons. The van der Waals surface area contributed by atoms with Crippen molar-refractivity contribution in [1.82, 2.24) is 10.2 Å². The van der Waals surface area contributed by atoms with Crippen molar-refractivity contribution < 1.29 is 4.79 Å². The summed E-state index contributed by atoms with van der Waals surface area (Å²) >= 11 is 3.34. The first kappa shape index (κ1) is 13.3. The van der Waals surface area contributed by atoms with Gasteiger partial charge in [0.25, 0.3) is 0 Å². The molecule has 1 N–H and O–H groups in total. The number of rotatable bonds is 6. The van der Waals surface area contributed by atoms with Crippen LogP contribution in [0.15, 0.2) is 34.3 Å². The van der Waals surface area contributed by atoms with Gasteiger partial charge in [0.05, 0.1) is 13.1 Å². The van der Waals surface area contributed by atoms with Gasteiger partial charge in [0.15, 0.2) is 0 Å². The molecule has 0 aliphatic rings. The lowest BCUT2D eigenvalue weighted by Gasteiger charge is -2.15. The van der Waals surface area contributed by atoms with Gasteiger partial charge in [-0.15, -0.1) is 11.3 Å². The fourth-order valence-corrected chi connectivity index (χ4v) is 2.95. The Morgan fingerprint density at radius 1 is 1.39 bits per heavy atom. The van der Waals surface area contributed by atoms with E-state index >= 15 is 0 Å². The fourth-order valence-electron chi connectivity index (χ4n) is 1.65. The molecular formula is C13H16N2OS2. The monoisotopic (exact) mass is 280 g/mol. The van der Waals surface area contributed by atoms with Crippen LogP contribution in [0.1, 0.15) is 10.4 Å². The zero-order chi connectivity index (χ0) is 12.8. The molecule has 3 nitrogen and oxygen atoms in total. The minimum Gasteiger partial charge on any atom is -0.350 e. The van der Waals surface area contributed by atoms with Gasteiger partial charge in [-0.05, 0) is 40.9 Å². The van der Waals surface area contributed by atoms with Crippen LogP contribution in [0.2, 0.25) is 0 Å². The maximum absolute atomic E-state index is 11.7. The first-order valence-corrected chi connectivity index (χ1v) is 7.55. The zero-order valence-corrected chi connectivity index (χ0v) is 11.9. The van der Waals surface area contributed by atoms with E-state index in [1.807, 2.05) is 29.5 Å². The molecule has 0 fully saturated rings. The molecule has 0 aliphatic heterocycles. The normalized spacial score (nSPS) is 10.8. The van der Waals surface area contributed by atoms with Crippen molar-refractivity contribution in [3.63, 3.8) is 0 Å². The second-order valence-electron chi connectivity index (χ2n) is 4.16. The van der Waals surface area contributed by atoms with Gasteiger partial charge in [-0.1, -0.05) is 6.07 Å². The summed E-state index contributed by atoms with van der Waals surface area (Å²) in [6.07, 6.45) is 0. The van der Waals surface area contributed by atoms with E-state index in [-0.39, 0.29) is 5.91 Å². The summed E-state index contributed by atoms with van der Waals surface area (Å²) in [6, 6.07) is 6.11. The van der Waals surface area contributed by atoms with Crippen molar-refractivity contribution in [2.24, 2.45) is 0 Å². The molecule has 0 saturated carbocycles. The van der Waals surface area contributed by atoms with Crippen LogP contribution in [-0.2, 0) is 17.9 Å². The number of amides is 1. The van der Waals surface area contributed by atoms with Gasteiger partial charge < -0.3 is 5.32 Å². The number of carbonyl (C=O) groups is 1. The van der Waals surface area contributed by atoms with Gasteiger partial charge in [-0.25, -0.2) is 0 Å². The van der Waals surface area contributed by atoms with Crippen molar-refractivity contribution in [2.45, 2.75) is 13.1 Å².